The largest absolute Gasteiger partial charge is 0.444 e. The Labute approximate surface area is 88.2 Å². The van der Waals surface area contributed by atoms with Gasteiger partial charge in [-0.25, -0.2) is 4.79 Å². The number of epoxide rings is 1. The zero-order valence-electron chi connectivity index (χ0n) is 9.06. The van der Waals surface area contributed by atoms with E-state index in [0.717, 1.165) is 0 Å². The fourth-order valence-electron chi connectivity index (χ4n) is 1.10. The first-order valence-electron chi connectivity index (χ1n) is 4.77. The van der Waals surface area contributed by atoms with Gasteiger partial charge in [0.15, 0.2) is 6.29 Å². The molecule has 3 atom stereocenters. The van der Waals surface area contributed by atoms with Crippen molar-refractivity contribution in [1.82, 2.24) is 5.32 Å². The summed E-state index contributed by atoms with van der Waals surface area (Å²) in [7, 11) is 0. The molecule has 1 fully saturated rings. The van der Waals surface area contributed by atoms with E-state index in [0.29, 0.717) is 0 Å². The van der Waals surface area contributed by atoms with Crippen molar-refractivity contribution < 1.29 is 24.5 Å². The third kappa shape index (κ3) is 4.03. The minimum atomic E-state index is -0.905. The monoisotopic (exact) mass is 219 g/mol. The number of hydrogen-bond donors (Lipinski definition) is 3. The zero-order chi connectivity index (χ0) is 11.6. The molecule has 0 saturated carbocycles. The smallest absolute Gasteiger partial charge is 0.408 e. The average Bonchev–Trinajstić information content (AvgIpc) is 2.75. The number of ether oxygens (including phenoxy) is 2. The van der Waals surface area contributed by atoms with Crippen LogP contribution < -0.4 is 5.32 Å². The number of carbonyl (C=O) groups is 1. The predicted molar refractivity (Wildman–Crippen MR) is 51.1 cm³/mol. The Bertz CT molecular complexity index is 237. The Hall–Kier alpha value is -0.850. The molecule has 0 aromatic carbocycles. The van der Waals surface area contributed by atoms with Gasteiger partial charge in [0.2, 0.25) is 0 Å². The number of hydrogen-bond acceptors (Lipinski definition) is 5. The summed E-state index contributed by atoms with van der Waals surface area (Å²) >= 11 is 0. The molecule has 0 aromatic rings. The fourth-order valence-corrected chi connectivity index (χ4v) is 1.10. The van der Waals surface area contributed by atoms with Gasteiger partial charge in [-0.2, -0.15) is 0 Å². The van der Waals surface area contributed by atoms with E-state index in [1.165, 1.54) is 0 Å². The van der Waals surface area contributed by atoms with Crippen molar-refractivity contribution in [1.29, 1.82) is 0 Å². The van der Waals surface area contributed by atoms with Crippen molar-refractivity contribution in [3.8, 4) is 0 Å². The highest BCUT2D eigenvalue weighted by Gasteiger charge is 2.44. The van der Waals surface area contributed by atoms with Crippen LogP contribution in [0.5, 0.6) is 0 Å². The third-order valence-corrected chi connectivity index (χ3v) is 1.80. The van der Waals surface area contributed by atoms with E-state index in [9.17, 15) is 4.79 Å². The van der Waals surface area contributed by atoms with Gasteiger partial charge in [0.05, 0.1) is 12.6 Å². The minimum Gasteiger partial charge on any atom is -0.444 e. The number of aliphatic hydroxyl groups excluding tert-OH is 2. The molecule has 0 radical (unpaired) electrons. The minimum absolute atomic E-state index is 0.305. The number of aliphatic hydroxyl groups is 2. The van der Waals surface area contributed by atoms with Crippen LogP contribution in [0.1, 0.15) is 20.8 Å². The molecule has 0 bridgehead atoms. The maximum absolute atomic E-state index is 11.3. The Kier molecular flexibility index (Phi) is 3.54. The SMILES string of the molecule is CC(C)(C)OC(=O)N[C@@H](CO)C1OC1O. The van der Waals surface area contributed by atoms with Crippen molar-refractivity contribution in [3.05, 3.63) is 0 Å². The lowest BCUT2D eigenvalue weighted by Gasteiger charge is -2.21. The van der Waals surface area contributed by atoms with E-state index in [2.05, 4.69) is 5.32 Å². The van der Waals surface area contributed by atoms with E-state index in [1.807, 2.05) is 0 Å². The second kappa shape index (κ2) is 4.34. The van der Waals surface area contributed by atoms with E-state index in [-0.39, 0.29) is 6.61 Å². The van der Waals surface area contributed by atoms with Crippen LogP contribution in [0, 0.1) is 0 Å². The second-order valence-corrected chi connectivity index (χ2v) is 4.43. The molecule has 1 aliphatic heterocycles. The quantitative estimate of drug-likeness (QED) is 0.561. The Morgan fingerprint density at radius 1 is 1.60 bits per heavy atom. The van der Waals surface area contributed by atoms with Gasteiger partial charge < -0.3 is 25.0 Å². The second-order valence-electron chi connectivity index (χ2n) is 4.43. The van der Waals surface area contributed by atoms with Crippen LogP contribution in [0.15, 0.2) is 0 Å². The van der Waals surface area contributed by atoms with Crippen molar-refractivity contribution in [3.63, 3.8) is 0 Å². The van der Waals surface area contributed by atoms with Gasteiger partial charge in [-0.15, -0.1) is 0 Å². The van der Waals surface area contributed by atoms with Crippen LogP contribution in [-0.2, 0) is 9.47 Å². The first-order valence-corrected chi connectivity index (χ1v) is 4.77. The first kappa shape index (κ1) is 12.2. The molecular formula is C9H17NO5. The number of alkyl carbamates (subject to hydrolysis) is 1. The van der Waals surface area contributed by atoms with Gasteiger partial charge in [-0.05, 0) is 20.8 Å². The van der Waals surface area contributed by atoms with Crippen LogP contribution in [0.3, 0.4) is 0 Å². The molecule has 1 amide bonds. The predicted octanol–water partition coefficient (Wildman–Crippen LogP) is -0.411. The highest BCUT2D eigenvalue weighted by atomic mass is 16.7. The first-order chi connectivity index (χ1) is 6.83. The summed E-state index contributed by atoms with van der Waals surface area (Å²) in [6.07, 6.45) is -2.08. The number of nitrogens with one attached hydrogen (secondary N) is 1. The Balaban J connectivity index is 2.35. The lowest BCUT2D eigenvalue weighted by molar-refractivity contribution is 0.0469. The molecule has 0 spiro atoms. The molecular weight excluding hydrogens is 202 g/mol. The molecule has 0 aliphatic carbocycles. The molecule has 6 nitrogen and oxygen atoms in total. The molecule has 1 aliphatic rings. The summed E-state index contributed by atoms with van der Waals surface area (Å²) in [6, 6.07) is -0.630. The molecule has 15 heavy (non-hydrogen) atoms. The molecule has 2 unspecified atom stereocenters. The molecule has 88 valence electrons. The van der Waals surface area contributed by atoms with Gasteiger partial charge in [-0.1, -0.05) is 0 Å². The summed E-state index contributed by atoms with van der Waals surface area (Å²) in [5.41, 5.74) is -0.590. The number of carbonyl (C=O) groups excluding carboxylic acids is 1. The van der Waals surface area contributed by atoms with E-state index < -0.39 is 30.1 Å². The Morgan fingerprint density at radius 3 is 2.47 bits per heavy atom. The topological polar surface area (TPSA) is 91.3 Å². The Morgan fingerprint density at radius 2 is 2.13 bits per heavy atom. The highest BCUT2D eigenvalue weighted by Crippen LogP contribution is 2.22. The van der Waals surface area contributed by atoms with Crippen molar-refractivity contribution in [2.45, 2.75) is 44.8 Å². The van der Waals surface area contributed by atoms with E-state index >= 15 is 0 Å². The highest BCUT2D eigenvalue weighted by molar-refractivity contribution is 5.68. The lowest BCUT2D eigenvalue weighted by Crippen LogP contribution is -2.44. The summed E-state index contributed by atoms with van der Waals surface area (Å²) < 4.78 is 9.71. The molecule has 1 rings (SSSR count). The standard InChI is InChI=1S/C9H17NO5/c1-9(2,3)15-8(13)10-5(4-11)6-7(12)14-6/h5-7,11-12H,4H2,1-3H3,(H,10,13)/t5-,6?,7?/m0/s1. The van der Waals surface area contributed by atoms with Crippen molar-refractivity contribution in [2.24, 2.45) is 0 Å². The zero-order valence-corrected chi connectivity index (χ0v) is 9.06. The third-order valence-electron chi connectivity index (χ3n) is 1.80. The summed E-state index contributed by atoms with van der Waals surface area (Å²) in [6.45, 7) is 4.91. The van der Waals surface area contributed by atoms with Crippen LogP contribution in [0.4, 0.5) is 4.79 Å². The van der Waals surface area contributed by atoms with E-state index in [4.69, 9.17) is 19.7 Å². The van der Waals surface area contributed by atoms with Gasteiger partial charge in [0.1, 0.15) is 11.7 Å². The fraction of sp³-hybridized carbons (Fsp3) is 0.889. The van der Waals surface area contributed by atoms with Gasteiger partial charge >= 0.3 is 6.09 Å². The average molecular weight is 219 g/mol. The summed E-state index contributed by atoms with van der Waals surface area (Å²) in [5.74, 6) is 0. The van der Waals surface area contributed by atoms with Crippen LogP contribution in [-0.4, -0.2) is 47.0 Å². The van der Waals surface area contributed by atoms with Crippen LogP contribution in [0.25, 0.3) is 0 Å². The molecule has 1 heterocycles. The normalized spacial score (nSPS) is 27.0. The van der Waals surface area contributed by atoms with Crippen molar-refractivity contribution >= 4 is 6.09 Å². The van der Waals surface area contributed by atoms with Crippen LogP contribution in [0.2, 0.25) is 0 Å². The number of rotatable bonds is 3. The van der Waals surface area contributed by atoms with Gasteiger partial charge in [0.25, 0.3) is 0 Å². The summed E-state index contributed by atoms with van der Waals surface area (Å²) in [4.78, 5) is 11.3. The molecule has 1 saturated heterocycles. The van der Waals surface area contributed by atoms with Crippen LogP contribution >= 0.6 is 0 Å². The number of amides is 1. The maximum Gasteiger partial charge on any atom is 0.408 e. The summed E-state index contributed by atoms with van der Waals surface area (Å²) in [5, 5.41) is 20.3. The lowest BCUT2D eigenvalue weighted by atomic mass is 10.2. The van der Waals surface area contributed by atoms with Gasteiger partial charge in [-0.3, -0.25) is 0 Å². The molecule has 0 aromatic heterocycles. The molecule has 6 heteroatoms. The van der Waals surface area contributed by atoms with E-state index in [1.54, 1.807) is 20.8 Å². The molecule has 3 N–H and O–H groups in total. The maximum atomic E-state index is 11.3. The van der Waals surface area contributed by atoms with Gasteiger partial charge in [0, 0.05) is 0 Å². The van der Waals surface area contributed by atoms with Crippen molar-refractivity contribution in [2.75, 3.05) is 6.61 Å².